The average Bonchev–Trinajstić information content (AvgIpc) is 2.99. The van der Waals surface area contributed by atoms with Gasteiger partial charge in [-0.25, -0.2) is 4.79 Å². The van der Waals surface area contributed by atoms with E-state index < -0.39 is 0 Å². The van der Waals surface area contributed by atoms with Crippen LogP contribution < -0.4 is 15.0 Å². The van der Waals surface area contributed by atoms with Crippen molar-refractivity contribution in [2.75, 3.05) is 37.0 Å². The van der Waals surface area contributed by atoms with Crippen LogP contribution in [0.15, 0.2) is 30.4 Å². The van der Waals surface area contributed by atoms with Gasteiger partial charge in [-0.05, 0) is 43.4 Å². The number of amides is 1. The van der Waals surface area contributed by atoms with Crippen LogP contribution in [0.5, 0.6) is 5.75 Å². The number of rotatable bonds is 5. The minimum atomic E-state index is -0.312. The number of benzene rings is 1. The number of nitrogens with zero attached hydrogens (tertiary/aromatic N) is 1. The van der Waals surface area contributed by atoms with Crippen LogP contribution in [-0.2, 0) is 4.74 Å². The molecule has 5 nitrogen and oxygen atoms in total. The third kappa shape index (κ3) is 3.18. The zero-order chi connectivity index (χ0) is 15.4. The molecule has 1 fully saturated rings. The summed E-state index contributed by atoms with van der Waals surface area (Å²) >= 11 is 0. The first kappa shape index (κ1) is 14.8. The molecule has 5 heteroatoms. The fourth-order valence-electron chi connectivity index (χ4n) is 2.93. The van der Waals surface area contributed by atoms with Crippen molar-refractivity contribution in [1.82, 2.24) is 0 Å². The van der Waals surface area contributed by atoms with Gasteiger partial charge < -0.3 is 14.8 Å². The van der Waals surface area contributed by atoms with Gasteiger partial charge in [-0.3, -0.25) is 4.90 Å². The van der Waals surface area contributed by atoms with E-state index in [1.165, 1.54) is 12.8 Å². The molecular weight excluding hydrogens is 280 g/mol. The Balaban J connectivity index is 1.72. The second kappa shape index (κ2) is 6.73. The first-order valence-corrected chi connectivity index (χ1v) is 7.79. The zero-order valence-electron chi connectivity index (χ0n) is 12.9. The third-order valence-electron chi connectivity index (χ3n) is 4.20. The van der Waals surface area contributed by atoms with Crippen LogP contribution in [0.25, 0.3) is 0 Å². The maximum atomic E-state index is 11.8. The monoisotopic (exact) mass is 302 g/mol. The number of ether oxygens (including phenoxy) is 2. The summed E-state index contributed by atoms with van der Waals surface area (Å²) in [6.07, 6.45) is 7.73. The second-order valence-corrected chi connectivity index (χ2v) is 5.68. The van der Waals surface area contributed by atoms with Gasteiger partial charge in [0.15, 0.2) is 0 Å². The van der Waals surface area contributed by atoms with E-state index in [0.29, 0.717) is 24.8 Å². The lowest BCUT2D eigenvalue weighted by molar-refractivity contribution is 0.181. The van der Waals surface area contributed by atoms with Gasteiger partial charge in [0.25, 0.3) is 0 Å². The molecule has 1 saturated heterocycles. The Morgan fingerprint density at radius 3 is 3.00 bits per heavy atom. The molecule has 1 aromatic carbocycles. The Hall–Kier alpha value is -2.17. The largest absolute Gasteiger partial charge is 0.495 e. The van der Waals surface area contributed by atoms with Gasteiger partial charge in [-0.2, -0.15) is 0 Å². The Bertz CT molecular complexity index is 571. The number of allylic oxidation sites excluding steroid dienone is 2. The van der Waals surface area contributed by atoms with E-state index in [-0.39, 0.29) is 6.09 Å². The lowest BCUT2D eigenvalue weighted by Crippen LogP contribution is -2.24. The molecule has 1 atom stereocenters. The predicted molar refractivity (Wildman–Crippen MR) is 86.7 cm³/mol. The molecule has 1 aliphatic heterocycles. The topological polar surface area (TPSA) is 50.8 Å². The Kier molecular flexibility index (Phi) is 4.51. The molecule has 0 aromatic heterocycles. The van der Waals surface area contributed by atoms with Crippen LogP contribution in [-0.4, -0.2) is 32.9 Å². The molecule has 1 N–H and O–H groups in total. The number of methoxy groups -OCH3 is 1. The number of hydrogen-bond donors (Lipinski definition) is 1. The summed E-state index contributed by atoms with van der Waals surface area (Å²) in [5, 5.41) is 3.48. The number of carbonyl (C=O) groups is 1. The molecule has 0 saturated carbocycles. The molecule has 0 unspecified atom stereocenters. The van der Waals surface area contributed by atoms with E-state index in [1.807, 2.05) is 18.2 Å². The van der Waals surface area contributed by atoms with Crippen LogP contribution >= 0.6 is 0 Å². The molecular formula is C17H22N2O3. The van der Waals surface area contributed by atoms with Gasteiger partial charge >= 0.3 is 6.09 Å². The first-order chi connectivity index (χ1) is 10.8. The molecule has 1 aromatic rings. The van der Waals surface area contributed by atoms with Crippen LogP contribution in [0, 0.1) is 5.92 Å². The molecule has 3 rings (SSSR count). The molecule has 1 amide bonds. The molecule has 0 radical (unpaired) electrons. The quantitative estimate of drug-likeness (QED) is 0.847. The normalized spacial score (nSPS) is 20.9. The molecule has 1 aliphatic carbocycles. The SMILES string of the molecule is COc1ccc(NC[C@@H]2CC=CCC2)cc1N1CCOC1=O. The highest BCUT2D eigenvalue weighted by atomic mass is 16.6. The zero-order valence-corrected chi connectivity index (χ0v) is 12.9. The van der Waals surface area contributed by atoms with Crippen molar-refractivity contribution in [1.29, 1.82) is 0 Å². The standard InChI is InChI=1S/C17H22N2O3/c1-21-16-8-7-14(18-12-13-5-3-2-4-6-13)11-15(16)19-9-10-22-17(19)20/h2-3,7-8,11,13,18H,4-6,9-10,12H2,1H3/t13-/m1/s1. The van der Waals surface area contributed by atoms with Crippen molar-refractivity contribution in [3.8, 4) is 5.75 Å². The summed E-state index contributed by atoms with van der Waals surface area (Å²) in [5.41, 5.74) is 1.77. The Morgan fingerprint density at radius 2 is 2.32 bits per heavy atom. The molecule has 118 valence electrons. The van der Waals surface area contributed by atoms with Crippen molar-refractivity contribution < 1.29 is 14.3 Å². The number of hydrogen-bond acceptors (Lipinski definition) is 4. The van der Waals surface area contributed by atoms with E-state index in [9.17, 15) is 4.79 Å². The number of anilines is 2. The minimum Gasteiger partial charge on any atom is -0.495 e. The van der Waals surface area contributed by atoms with E-state index in [2.05, 4.69) is 17.5 Å². The molecule has 2 aliphatic rings. The van der Waals surface area contributed by atoms with Crippen molar-refractivity contribution >= 4 is 17.5 Å². The lowest BCUT2D eigenvalue weighted by Gasteiger charge is -2.21. The van der Waals surface area contributed by atoms with Crippen molar-refractivity contribution in [2.45, 2.75) is 19.3 Å². The van der Waals surface area contributed by atoms with Crippen LogP contribution in [0.3, 0.4) is 0 Å². The number of carbonyl (C=O) groups excluding carboxylic acids is 1. The molecule has 0 spiro atoms. The summed E-state index contributed by atoms with van der Waals surface area (Å²) in [5.74, 6) is 1.36. The smallest absolute Gasteiger partial charge is 0.414 e. The summed E-state index contributed by atoms with van der Waals surface area (Å²) in [6.45, 7) is 1.93. The van der Waals surface area contributed by atoms with Gasteiger partial charge in [0.2, 0.25) is 0 Å². The lowest BCUT2D eigenvalue weighted by atomic mass is 9.94. The van der Waals surface area contributed by atoms with E-state index in [0.717, 1.165) is 24.3 Å². The van der Waals surface area contributed by atoms with Gasteiger partial charge in [0.05, 0.1) is 19.3 Å². The van der Waals surface area contributed by atoms with Gasteiger partial charge in [-0.1, -0.05) is 12.2 Å². The van der Waals surface area contributed by atoms with Crippen LogP contribution in [0.4, 0.5) is 16.2 Å². The van der Waals surface area contributed by atoms with Crippen molar-refractivity contribution in [2.24, 2.45) is 5.92 Å². The fraction of sp³-hybridized carbons (Fsp3) is 0.471. The minimum absolute atomic E-state index is 0.312. The van der Waals surface area contributed by atoms with E-state index in [1.54, 1.807) is 12.0 Å². The van der Waals surface area contributed by atoms with Crippen LogP contribution in [0.2, 0.25) is 0 Å². The summed E-state index contributed by atoms with van der Waals surface area (Å²) in [6, 6.07) is 5.84. The van der Waals surface area contributed by atoms with E-state index in [4.69, 9.17) is 9.47 Å². The van der Waals surface area contributed by atoms with E-state index >= 15 is 0 Å². The molecule has 22 heavy (non-hydrogen) atoms. The predicted octanol–water partition coefficient (Wildman–Crippen LogP) is 3.42. The molecule has 0 bridgehead atoms. The summed E-state index contributed by atoms with van der Waals surface area (Å²) in [7, 11) is 1.61. The molecule has 1 heterocycles. The summed E-state index contributed by atoms with van der Waals surface area (Å²) in [4.78, 5) is 13.4. The Labute approximate surface area is 130 Å². The highest BCUT2D eigenvalue weighted by Gasteiger charge is 2.26. The average molecular weight is 302 g/mol. The van der Waals surface area contributed by atoms with Crippen molar-refractivity contribution in [3.63, 3.8) is 0 Å². The maximum absolute atomic E-state index is 11.8. The fourth-order valence-corrected chi connectivity index (χ4v) is 2.93. The van der Waals surface area contributed by atoms with Gasteiger partial charge in [0.1, 0.15) is 12.4 Å². The van der Waals surface area contributed by atoms with Crippen LogP contribution in [0.1, 0.15) is 19.3 Å². The number of cyclic esters (lactones) is 1. The summed E-state index contributed by atoms with van der Waals surface area (Å²) < 4.78 is 10.4. The maximum Gasteiger partial charge on any atom is 0.414 e. The highest BCUT2D eigenvalue weighted by Crippen LogP contribution is 2.33. The second-order valence-electron chi connectivity index (χ2n) is 5.68. The van der Waals surface area contributed by atoms with Crippen molar-refractivity contribution in [3.05, 3.63) is 30.4 Å². The highest BCUT2D eigenvalue weighted by molar-refractivity contribution is 5.92. The number of nitrogens with one attached hydrogen (secondary N) is 1. The third-order valence-corrected chi connectivity index (χ3v) is 4.20. The Morgan fingerprint density at radius 1 is 1.41 bits per heavy atom. The van der Waals surface area contributed by atoms with Gasteiger partial charge in [-0.15, -0.1) is 0 Å². The van der Waals surface area contributed by atoms with Gasteiger partial charge in [0, 0.05) is 12.2 Å². The first-order valence-electron chi connectivity index (χ1n) is 7.79.